The van der Waals surface area contributed by atoms with E-state index in [2.05, 4.69) is 16.5 Å². The van der Waals surface area contributed by atoms with Gasteiger partial charge in [0.15, 0.2) is 0 Å². The van der Waals surface area contributed by atoms with Gasteiger partial charge in [0.1, 0.15) is 5.76 Å². The maximum atomic E-state index is 12.6. The molecule has 0 saturated carbocycles. The van der Waals surface area contributed by atoms with Gasteiger partial charge in [-0.2, -0.15) is 5.10 Å². The monoisotopic (exact) mass is 329 g/mol. The second kappa shape index (κ2) is 6.42. The number of aromatic nitrogens is 2. The van der Waals surface area contributed by atoms with Gasteiger partial charge in [-0.05, 0) is 37.4 Å². The summed E-state index contributed by atoms with van der Waals surface area (Å²) < 4.78 is 7.28. The zero-order valence-electron chi connectivity index (χ0n) is 13.4. The lowest BCUT2D eigenvalue weighted by atomic mass is 10.0. The normalized spacial score (nSPS) is 12.3. The van der Waals surface area contributed by atoms with Crippen molar-refractivity contribution in [2.24, 2.45) is 7.05 Å². The molecule has 0 aromatic carbocycles. The molecule has 120 valence electrons. The maximum absolute atomic E-state index is 12.6. The van der Waals surface area contributed by atoms with Crippen molar-refractivity contribution in [2.45, 2.75) is 19.8 Å². The van der Waals surface area contributed by atoms with Crippen LogP contribution in [0.5, 0.6) is 0 Å². The first-order chi connectivity index (χ1) is 11.1. The highest BCUT2D eigenvalue weighted by atomic mass is 32.1. The lowest BCUT2D eigenvalue weighted by Crippen LogP contribution is -2.29. The number of furan rings is 1. The zero-order chi connectivity index (χ0) is 16.4. The van der Waals surface area contributed by atoms with Crippen LogP contribution in [0.1, 0.15) is 38.3 Å². The number of carbonyl (C=O) groups is 1. The fourth-order valence-corrected chi connectivity index (χ4v) is 3.54. The van der Waals surface area contributed by atoms with Crippen LogP contribution in [-0.2, 0) is 7.05 Å². The van der Waals surface area contributed by atoms with Gasteiger partial charge < -0.3 is 9.73 Å². The Kier molecular flexibility index (Phi) is 4.34. The van der Waals surface area contributed by atoms with Crippen LogP contribution in [0.15, 0.2) is 40.3 Å². The third-order valence-corrected chi connectivity index (χ3v) is 4.96. The van der Waals surface area contributed by atoms with E-state index in [1.165, 1.54) is 4.88 Å². The van der Waals surface area contributed by atoms with E-state index in [9.17, 15) is 4.79 Å². The molecule has 0 saturated heterocycles. The number of amides is 1. The smallest absolute Gasteiger partial charge is 0.255 e. The van der Waals surface area contributed by atoms with Crippen LogP contribution < -0.4 is 5.32 Å². The summed E-state index contributed by atoms with van der Waals surface area (Å²) in [6, 6.07) is 7.88. The molecule has 23 heavy (non-hydrogen) atoms. The van der Waals surface area contributed by atoms with E-state index < -0.39 is 0 Å². The number of thiophene rings is 1. The average Bonchev–Trinajstić information content (AvgIpc) is 3.24. The Morgan fingerprint density at radius 2 is 2.22 bits per heavy atom. The van der Waals surface area contributed by atoms with Gasteiger partial charge in [0.2, 0.25) is 0 Å². The molecule has 5 nitrogen and oxygen atoms in total. The Morgan fingerprint density at radius 1 is 1.39 bits per heavy atom. The summed E-state index contributed by atoms with van der Waals surface area (Å²) in [5.41, 5.74) is 2.26. The summed E-state index contributed by atoms with van der Waals surface area (Å²) in [5.74, 6) is 0.778. The van der Waals surface area contributed by atoms with E-state index in [-0.39, 0.29) is 11.8 Å². The molecule has 3 aromatic heterocycles. The van der Waals surface area contributed by atoms with Crippen LogP contribution in [0.2, 0.25) is 0 Å². The summed E-state index contributed by atoms with van der Waals surface area (Å²) in [5, 5.41) is 9.35. The minimum absolute atomic E-state index is 0.0197. The molecule has 0 spiro atoms. The SMILES string of the molecule is Cc1nn(C)c(C)c1C(=O)NC[C@@H](c1ccco1)c1cccs1. The molecule has 3 rings (SSSR count). The molecule has 1 amide bonds. The number of aryl methyl sites for hydroxylation is 2. The molecule has 0 aliphatic rings. The highest BCUT2D eigenvalue weighted by Gasteiger charge is 2.22. The molecule has 0 fully saturated rings. The highest BCUT2D eigenvalue weighted by molar-refractivity contribution is 7.10. The summed E-state index contributed by atoms with van der Waals surface area (Å²) in [6.45, 7) is 4.24. The van der Waals surface area contributed by atoms with Crippen molar-refractivity contribution in [3.63, 3.8) is 0 Å². The third kappa shape index (κ3) is 3.07. The van der Waals surface area contributed by atoms with Gasteiger partial charge >= 0.3 is 0 Å². The van der Waals surface area contributed by atoms with Gasteiger partial charge in [-0.15, -0.1) is 11.3 Å². The molecule has 0 unspecified atom stereocenters. The number of hydrogen-bond donors (Lipinski definition) is 1. The van der Waals surface area contributed by atoms with E-state index in [0.29, 0.717) is 12.1 Å². The number of hydrogen-bond acceptors (Lipinski definition) is 4. The Labute approximate surface area is 138 Å². The Morgan fingerprint density at radius 3 is 2.78 bits per heavy atom. The summed E-state index contributed by atoms with van der Waals surface area (Å²) >= 11 is 1.66. The molecule has 0 aliphatic carbocycles. The number of rotatable bonds is 5. The molecular weight excluding hydrogens is 310 g/mol. The van der Waals surface area contributed by atoms with Crippen LogP contribution in [0, 0.1) is 13.8 Å². The first kappa shape index (κ1) is 15.6. The van der Waals surface area contributed by atoms with Crippen molar-refractivity contribution < 1.29 is 9.21 Å². The van der Waals surface area contributed by atoms with Gasteiger partial charge in [-0.1, -0.05) is 6.07 Å². The topological polar surface area (TPSA) is 60.1 Å². The van der Waals surface area contributed by atoms with Crippen molar-refractivity contribution in [3.8, 4) is 0 Å². The standard InChI is InChI=1S/C17H19N3O2S/c1-11-16(12(2)20(3)19-11)17(21)18-10-13(14-6-4-8-22-14)15-7-5-9-23-15/h4-9,13H,10H2,1-3H3,(H,18,21)/t13-/m0/s1. The van der Waals surface area contributed by atoms with E-state index in [1.54, 1.807) is 22.3 Å². The number of carbonyl (C=O) groups excluding carboxylic acids is 1. The quantitative estimate of drug-likeness (QED) is 0.781. The van der Waals surface area contributed by atoms with Crippen molar-refractivity contribution in [3.05, 3.63) is 63.5 Å². The Bertz CT molecular complexity index is 754. The first-order valence-corrected chi connectivity index (χ1v) is 8.31. The largest absolute Gasteiger partial charge is 0.469 e. The number of nitrogens with one attached hydrogen (secondary N) is 1. The van der Waals surface area contributed by atoms with E-state index in [0.717, 1.165) is 17.1 Å². The van der Waals surface area contributed by atoms with Crippen LogP contribution in [0.25, 0.3) is 0 Å². The average molecular weight is 329 g/mol. The maximum Gasteiger partial charge on any atom is 0.255 e. The molecular formula is C17H19N3O2S. The van der Waals surface area contributed by atoms with E-state index >= 15 is 0 Å². The van der Waals surface area contributed by atoms with Crippen LogP contribution in [0.3, 0.4) is 0 Å². The van der Waals surface area contributed by atoms with Gasteiger partial charge in [-0.3, -0.25) is 9.48 Å². The van der Waals surface area contributed by atoms with E-state index in [1.807, 2.05) is 44.5 Å². The zero-order valence-corrected chi connectivity index (χ0v) is 14.2. The summed E-state index contributed by atoms with van der Waals surface area (Å²) in [4.78, 5) is 13.7. The second-order valence-electron chi connectivity index (χ2n) is 5.46. The summed E-state index contributed by atoms with van der Waals surface area (Å²) in [6.07, 6.45) is 1.66. The van der Waals surface area contributed by atoms with Crippen molar-refractivity contribution in [2.75, 3.05) is 6.54 Å². The lowest BCUT2D eigenvalue weighted by molar-refractivity contribution is 0.0950. The van der Waals surface area contributed by atoms with Crippen LogP contribution >= 0.6 is 11.3 Å². The van der Waals surface area contributed by atoms with Crippen molar-refractivity contribution in [1.82, 2.24) is 15.1 Å². The second-order valence-corrected chi connectivity index (χ2v) is 6.44. The van der Waals surface area contributed by atoms with Gasteiger partial charge in [-0.25, -0.2) is 0 Å². The number of nitrogens with zero attached hydrogens (tertiary/aromatic N) is 2. The Hall–Kier alpha value is -2.34. The van der Waals surface area contributed by atoms with Crippen LogP contribution in [0.4, 0.5) is 0 Å². The molecule has 0 radical (unpaired) electrons. The fourth-order valence-electron chi connectivity index (χ4n) is 2.71. The Balaban J connectivity index is 1.78. The van der Waals surface area contributed by atoms with E-state index in [4.69, 9.17) is 4.42 Å². The molecule has 0 bridgehead atoms. The molecule has 3 heterocycles. The summed E-state index contributed by atoms with van der Waals surface area (Å²) in [7, 11) is 1.84. The first-order valence-electron chi connectivity index (χ1n) is 7.43. The van der Waals surface area contributed by atoms with Crippen LogP contribution in [-0.4, -0.2) is 22.2 Å². The van der Waals surface area contributed by atoms with Crippen molar-refractivity contribution in [1.29, 1.82) is 0 Å². The molecule has 3 aromatic rings. The van der Waals surface area contributed by atoms with Gasteiger partial charge in [0, 0.05) is 24.2 Å². The predicted molar refractivity (Wildman–Crippen MR) is 89.9 cm³/mol. The molecule has 1 atom stereocenters. The molecule has 6 heteroatoms. The minimum atomic E-state index is -0.0961. The lowest BCUT2D eigenvalue weighted by Gasteiger charge is -2.14. The minimum Gasteiger partial charge on any atom is -0.469 e. The molecule has 0 aliphatic heterocycles. The van der Waals surface area contributed by atoms with Crippen molar-refractivity contribution >= 4 is 17.2 Å². The highest BCUT2D eigenvalue weighted by Crippen LogP contribution is 2.28. The van der Waals surface area contributed by atoms with Gasteiger partial charge in [0.25, 0.3) is 5.91 Å². The third-order valence-electron chi connectivity index (χ3n) is 3.98. The predicted octanol–water partition coefficient (Wildman–Crippen LogP) is 3.25. The van der Waals surface area contributed by atoms with Gasteiger partial charge in [0.05, 0.1) is 23.4 Å². The molecule has 1 N–H and O–H groups in total. The fraction of sp³-hybridized carbons (Fsp3) is 0.294.